The van der Waals surface area contributed by atoms with Gasteiger partial charge in [0.25, 0.3) is 0 Å². The monoisotopic (exact) mass is 205 g/mol. The minimum absolute atomic E-state index is 0.187. The van der Waals surface area contributed by atoms with Crippen LogP contribution in [0.4, 0.5) is 0 Å². The number of nitrogens with two attached hydrogens (primary N) is 1. The summed E-state index contributed by atoms with van der Waals surface area (Å²) in [4.78, 5) is 0. The fraction of sp³-hybridized carbons (Fsp3) is 0.571. The first-order valence-corrected chi connectivity index (χ1v) is 5.90. The minimum Gasteiger partial charge on any atom is -0.322 e. The summed E-state index contributed by atoms with van der Waals surface area (Å²) in [6.45, 7) is 8.70. The van der Waals surface area contributed by atoms with E-state index in [9.17, 15) is 0 Å². The lowest BCUT2D eigenvalue weighted by Gasteiger charge is -2.24. The van der Waals surface area contributed by atoms with Crippen LogP contribution in [0.25, 0.3) is 0 Å². The van der Waals surface area contributed by atoms with Gasteiger partial charge in [0.05, 0.1) is 0 Å². The molecule has 2 unspecified atom stereocenters. The SMILES string of the molecule is CCC(C)c1ccc(C(C)(N)CC)cc1. The zero-order chi connectivity index (χ0) is 11.5. The van der Waals surface area contributed by atoms with Gasteiger partial charge in [-0.25, -0.2) is 0 Å². The smallest absolute Gasteiger partial charge is 0.0378 e. The molecule has 0 heterocycles. The van der Waals surface area contributed by atoms with Crippen molar-refractivity contribution in [2.75, 3.05) is 0 Å². The highest BCUT2D eigenvalue weighted by molar-refractivity contribution is 5.29. The van der Waals surface area contributed by atoms with Crippen molar-refractivity contribution < 1.29 is 0 Å². The molecule has 2 atom stereocenters. The first-order chi connectivity index (χ1) is 7.01. The van der Waals surface area contributed by atoms with Crippen LogP contribution in [-0.2, 0) is 5.54 Å². The van der Waals surface area contributed by atoms with Crippen molar-refractivity contribution in [2.24, 2.45) is 5.73 Å². The van der Waals surface area contributed by atoms with E-state index in [-0.39, 0.29) is 5.54 Å². The molecule has 0 radical (unpaired) electrons. The van der Waals surface area contributed by atoms with Crippen LogP contribution < -0.4 is 5.73 Å². The second kappa shape index (κ2) is 4.80. The van der Waals surface area contributed by atoms with E-state index >= 15 is 0 Å². The maximum Gasteiger partial charge on any atom is 0.0378 e. The van der Waals surface area contributed by atoms with Crippen LogP contribution in [0, 0.1) is 0 Å². The number of hydrogen-bond donors (Lipinski definition) is 1. The van der Waals surface area contributed by atoms with Crippen LogP contribution in [0.15, 0.2) is 24.3 Å². The van der Waals surface area contributed by atoms with Gasteiger partial charge in [-0.15, -0.1) is 0 Å². The Kier molecular flexibility index (Phi) is 3.92. The molecular formula is C14H23N. The highest BCUT2D eigenvalue weighted by Crippen LogP contribution is 2.24. The van der Waals surface area contributed by atoms with Crippen LogP contribution in [0.3, 0.4) is 0 Å². The van der Waals surface area contributed by atoms with Crippen LogP contribution >= 0.6 is 0 Å². The summed E-state index contributed by atoms with van der Waals surface area (Å²) in [5, 5.41) is 0. The van der Waals surface area contributed by atoms with E-state index in [0.717, 1.165) is 6.42 Å². The lowest BCUT2D eigenvalue weighted by molar-refractivity contribution is 0.476. The predicted molar refractivity (Wildman–Crippen MR) is 67.0 cm³/mol. The van der Waals surface area contributed by atoms with E-state index in [1.54, 1.807) is 0 Å². The first kappa shape index (κ1) is 12.3. The minimum atomic E-state index is -0.187. The standard InChI is InChI=1S/C14H23N/c1-5-11(3)12-7-9-13(10-8-12)14(4,15)6-2/h7-11H,5-6,15H2,1-4H3. The van der Waals surface area contributed by atoms with Gasteiger partial charge in [0.2, 0.25) is 0 Å². The number of benzene rings is 1. The average Bonchev–Trinajstić information content (AvgIpc) is 2.28. The molecule has 0 fully saturated rings. The summed E-state index contributed by atoms with van der Waals surface area (Å²) in [5.41, 5.74) is 8.65. The molecular weight excluding hydrogens is 182 g/mol. The molecule has 1 aromatic carbocycles. The van der Waals surface area contributed by atoms with Gasteiger partial charge in [0, 0.05) is 5.54 Å². The summed E-state index contributed by atoms with van der Waals surface area (Å²) in [6.07, 6.45) is 2.16. The number of rotatable bonds is 4. The fourth-order valence-corrected chi connectivity index (χ4v) is 1.63. The Balaban J connectivity index is 2.90. The van der Waals surface area contributed by atoms with Crippen LogP contribution in [0.5, 0.6) is 0 Å². The van der Waals surface area contributed by atoms with Crippen molar-refractivity contribution in [2.45, 2.75) is 52.0 Å². The summed E-state index contributed by atoms with van der Waals surface area (Å²) >= 11 is 0. The van der Waals surface area contributed by atoms with E-state index in [1.165, 1.54) is 17.5 Å². The van der Waals surface area contributed by atoms with E-state index in [2.05, 4.69) is 52.0 Å². The summed E-state index contributed by atoms with van der Waals surface area (Å²) in [6, 6.07) is 8.77. The van der Waals surface area contributed by atoms with Crippen LogP contribution in [-0.4, -0.2) is 0 Å². The third-order valence-corrected chi connectivity index (χ3v) is 3.49. The van der Waals surface area contributed by atoms with Crippen molar-refractivity contribution >= 4 is 0 Å². The highest BCUT2D eigenvalue weighted by atomic mass is 14.7. The maximum absolute atomic E-state index is 6.20. The summed E-state index contributed by atoms with van der Waals surface area (Å²) in [7, 11) is 0. The molecule has 0 saturated carbocycles. The molecule has 84 valence electrons. The molecule has 0 aliphatic heterocycles. The Bertz CT molecular complexity index is 298. The molecule has 0 bridgehead atoms. The topological polar surface area (TPSA) is 26.0 Å². The van der Waals surface area contributed by atoms with Gasteiger partial charge in [0.1, 0.15) is 0 Å². The molecule has 0 saturated heterocycles. The molecule has 0 aromatic heterocycles. The molecule has 0 aliphatic rings. The van der Waals surface area contributed by atoms with Crippen LogP contribution in [0.1, 0.15) is 57.6 Å². The zero-order valence-electron chi connectivity index (χ0n) is 10.4. The van der Waals surface area contributed by atoms with Crippen molar-refractivity contribution in [1.82, 2.24) is 0 Å². The Morgan fingerprint density at radius 3 is 2.13 bits per heavy atom. The third kappa shape index (κ3) is 2.82. The van der Waals surface area contributed by atoms with Gasteiger partial charge in [-0.05, 0) is 36.8 Å². The van der Waals surface area contributed by atoms with Gasteiger partial charge >= 0.3 is 0 Å². The largest absolute Gasteiger partial charge is 0.322 e. The molecule has 15 heavy (non-hydrogen) atoms. The lowest BCUT2D eigenvalue weighted by Crippen LogP contribution is -2.31. The molecule has 1 heteroatoms. The lowest BCUT2D eigenvalue weighted by atomic mass is 9.88. The second-order valence-corrected chi connectivity index (χ2v) is 4.70. The fourth-order valence-electron chi connectivity index (χ4n) is 1.63. The summed E-state index contributed by atoms with van der Waals surface area (Å²) < 4.78 is 0. The molecule has 0 spiro atoms. The maximum atomic E-state index is 6.20. The predicted octanol–water partition coefficient (Wildman–Crippen LogP) is 3.78. The quantitative estimate of drug-likeness (QED) is 0.795. The molecule has 2 N–H and O–H groups in total. The van der Waals surface area contributed by atoms with Crippen LogP contribution in [0.2, 0.25) is 0 Å². The van der Waals surface area contributed by atoms with Gasteiger partial charge in [0.15, 0.2) is 0 Å². The van der Waals surface area contributed by atoms with Crippen molar-refractivity contribution in [3.63, 3.8) is 0 Å². The first-order valence-electron chi connectivity index (χ1n) is 5.90. The number of hydrogen-bond acceptors (Lipinski definition) is 1. The molecule has 0 aliphatic carbocycles. The Morgan fingerprint density at radius 2 is 1.73 bits per heavy atom. The van der Waals surface area contributed by atoms with Gasteiger partial charge < -0.3 is 5.73 Å². The van der Waals surface area contributed by atoms with E-state index in [1.807, 2.05) is 0 Å². The Labute approximate surface area is 93.7 Å². The molecule has 1 nitrogen and oxygen atoms in total. The molecule has 1 rings (SSSR count). The average molecular weight is 205 g/mol. The second-order valence-electron chi connectivity index (χ2n) is 4.70. The molecule has 0 amide bonds. The normalized spacial score (nSPS) is 17.1. The van der Waals surface area contributed by atoms with E-state index < -0.39 is 0 Å². The third-order valence-electron chi connectivity index (χ3n) is 3.49. The van der Waals surface area contributed by atoms with E-state index in [0.29, 0.717) is 5.92 Å². The van der Waals surface area contributed by atoms with Gasteiger partial charge in [-0.1, -0.05) is 45.0 Å². The highest BCUT2D eigenvalue weighted by Gasteiger charge is 2.18. The van der Waals surface area contributed by atoms with Crippen molar-refractivity contribution in [1.29, 1.82) is 0 Å². The summed E-state index contributed by atoms with van der Waals surface area (Å²) in [5.74, 6) is 0.643. The van der Waals surface area contributed by atoms with E-state index in [4.69, 9.17) is 5.73 Å². The van der Waals surface area contributed by atoms with Gasteiger partial charge in [-0.2, -0.15) is 0 Å². The van der Waals surface area contributed by atoms with Crippen molar-refractivity contribution in [3.8, 4) is 0 Å². The van der Waals surface area contributed by atoms with Gasteiger partial charge in [-0.3, -0.25) is 0 Å². The Hall–Kier alpha value is -0.820. The Morgan fingerprint density at radius 1 is 1.20 bits per heavy atom. The zero-order valence-corrected chi connectivity index (χ0v) is 10.4. The van der Waals surface area contributed by atoms with Crippen molar-refractivity contribution in [3.05, 3.63) is 35.4 Å². The molecule has 1 aromatic rings.